The van der Waals surface area contributed by atoms with Gasteiger partial charge in [-0.15, -0.1) is 0 Å². The third kappa shape index (κ3) is 4.87. The van der Waals surface area contributed by atoms with E-state index in [0.717, 1.165) is 30.0 Å². The van der Waals surface area contributed by atoms with Crippen LogP contribution in [-0.2, 0) is 11.5 Å². The SMILES string of the molecule is C[Si](C)(C)CCOCn1c(C(=O)N2CCNCC2)cc2c(Cl)c(Cl)ccc21. The predicted octanol–water partition coefficient (Wildman–Crippen LogP) is 4.31. The zero-order valence-corrected chi connectivity index (χ0v) is 18.7. The van der Waals surface area contributed by atoms with Crippen molar-refractivity contribution in [3.63, 3.8) is 0 Å². The van der Waals surface area contributed by atoms with Gasteiger partial charge in [-0.25, -0.2) is 0 Å². The van der Waals surface area contributed by atoms with E-state index in [2.05, 4.69) is 25.0 Å². The van der Waals surface area contributed by atoms with Crippen molar-refractivity contribution in [2.24, 2.45) is 0 Å². The van der Waals surface area contributed by atoms with Crippen LogP contribution in [-0.4, -0.2) is 56.2 Å². The Balaban J connectivity index is 1.90. The summed E-state index contributed by atoms with van der Waals surface area (Å²) in [6.07, 6.45) is 0. The van der Waals surface area contributed by atoms with E-state index in [1.54, 1.807) is 6.07 Å². The van der Waals surface area contributed by atoms with Crippen LogP contribution in [0.25, 0.3) is 10.9 Å². The molecule has 2 heterocycles. The number of ether oxygens (including phenoxy) is 1. The summed E-state index contributed by atoms with van der Waals surface area (Å²) in [5, 5.41) is 5.03. The van der Waals surface area contributed by atoms with Gasteiger partial charge < -0.3 is 19.5 Å². The van der Waals surface area contributed by atoms with Crippen molar-refractivity contribution >= 4 is 48.1 Å². The Morgan fingerprint density at radius 2 is 1.93 bits per heavy atom. The van der Waals surface area contributed by atoms with Gasteiger partial charge in [0.2, 0.25) is 0 Å². The molecule has 0 spiro atoms. The van der Waals surface area contributed by atoms with E-state index in [1.807, 2.05) is 21.6 Å². The first-order chi connectivity index (χ1) is 12.8. The third-order valence-corrected chi connectivity index (χ3v) is 7.34. The third-order valence-electron chi connectivity index (χ3n) is 4.81. The van der Waals surface area contributed by atoms with E-state index in [4.69, 9.17) is 27.9 Å². The first-order valence-corrected chi connectivity index (χ1v) is 13.8. The van der Waals surface area contributed by atoms with Gasteiger partial charge >= 0.3 is 0 Å². The highest BCUT2D eigenvalue weighted by atomic mass is 35.5. The lowest BCUT2D eigenvalue weighted by Gasteiger charge is -2.27. The molecule has 5 nitrogen and oxygen atoms in total. The minimum Gasteiger partial charge on any atom is -0.361 e. The van der Waals surface area contributed by atoms with E-state index in [0.29, 0.717) is 42.2 Å². The number of rotatable bonds is 6. The maximum Gasteiger partial charge on any atom is 0.270 e. The normalized spacial score (nSPS) is 15.5. The summed E-state index contributed by atoms with van der Waals surface area (Å²) >= 11 is 12.6. The Bertz CT molecular complexity index is 826. The molecule has 2 aromatic rings. The standard InChI is InChI=1S/C19H27Cl2N3O2Si/c1-27(2,3)11-10-26-13-24-16-5-4-15(20)18(21)14(16)12-17(24)19(25)23-8-6-22-7-9-23/h4-5,12,22H,6-11,13H2,1-3H3. The number of aromatic nitrogens is 1. The van der Waals surface area contributed by atoms with Gasteiger partial charge in [-0.3, -0.25) is 4.79 Å². The van der Waals surface area contributed by atoms with Crippen LogP contribution in [0, 0.1) is 0 Å². The van der Waals surface area contributed by atoms with E-state index < -0.39 is 8.07 Å². The largest absolute Gasteiger partial charge is 0.361 e. The van der Waals surface area contributed by atoms with E-state index in [1.165, 1.54) is 0 Å². The molecule has 0 bridgehead atoms. The summed E-state index contributed by atoms with van der Waals surface area (Å²) in [6.45, 7) is 11.0. The van der Waals surface area contributed by atoms with Crippen LogP contribution in [0.3, 0.4) is 0 Å². The molecule has 1 aromatic carbocycles. The predicted molar refractivity (Wildman–Crippen MR) is 115 cm³/mol. The van der Waals surface area contributed by atoms with Gasteiger partial charge in [0, 0.05) is 46.2 Å². The first-order valence-electron chi connectivity index (χ1n) is 9.33. The van der Waals surface area contributed by atoms with Crippen molar-refractivity contribution in [2.75, 3.05) is 32.8 Å². The Morgan fingerprint density at radius 1 is 1.22 bits per heavy atom. The second-order valence-electron chi connectivity index (χ2n) is 8.14. The molecular formula is C19H27Cl2N3O2Si. The van der Waals surface area contributed by atoms with Gasteiger partial charge in [0.05, 0.1) is 15.6 Å². The molecule has 0 radical (unpaired) electrons. The molecule has 1 aliphatic rings. The van der Waals surface area contributed by atoms with Gasteiger partial charge in [-0.1, -0.05) is 42.8 Å². The number of hydrogen-bond acceptors (Lipinski definition) is 3. The summed E-state index contributed by atoms with van der Waals surface area (Å²) < 4.78 is 7.87. The average Bonchev–Trinajstić information content (AvgIpc) is 3.00. The van der Waals surface area contributed by atoms with Crippen LogP contribution >= 0.6 is 23.2 Å². The molecule has 1 aliphatic heterocycles. The minimum atomic E-state index is -1.17. The molecule has 1 N–H and O–H groups in total. The van der Waals surface area contributed by atoms with E-state index >= 15 is 0 Å². The number of halogens is 2. The van der Waals surface area contributed by atoms with Crippen molar-refractivity contribution in [3.05, 3.63) is 33.9 Å². The molecule has 0 atom stereocenters. The molecule has 1 saturated heterocycles. The van der Waals surface area contributed by atoms with E-state index in [9.17, 15) is 4.79 Å². The minimum absolute atomic E-state index is 0.00804. The highest BCUT2D eigenvalue weighted by Gasteiger charge is 2.24. The van der Waals surface area contributed by atoms with Crippen LogP contribution in [0.4, 0.5) is 0 Å². The zero-order valence-electron chi connectivity index (χ0n) is 16.1. The molecule has 27 heavy (non-hydrogen) atoms. The molecule has 1 fully saturated rings. The van der Waals surface area contributed by atoms with Crippen molar-refractivity contribution < 1.29 is 9.53 Å². The molecule has 148 valence electrons. The second-order valence-corrected chi connectivity index (χ2v) is 14.5. The highest BCUT2D eigenvalue weighted by Crippen LogP contribution is 2.33. The number of carbonyl (C=O) groups excluding carboxylic acids is 1. The fourth-order valence-electron chi connectivity index (χ4n) is 3.15. The second kappa shape index (κ2) is 8.53. The monoisotopic (exact) mass is 427 g/mol. The maximum absolute atomic E-state index is 13.1. The Labute approximate surface area is 171 Å². The molecule has 8 heteroatoms. The molecule has 0 aliphatic carbocycles. The van der Waals surface area contributed by atoms with Gasteiger partial charge in [-0.2, -0.15) is 0 Å². The molecule has 1 aromatic heterocycles. The summed E-state index contributed by atoms with van der Waals surface area (Å²) in [7, 11) is -1.17. The van der Waals surface area contributed by atoms with Gasteiger partial charge in [-0.05, 0) is 24.2 Å². The lowest BCUT2D eigenvalue weighted by Crippen LogP contribution is -2.46. The number of carbonyl (C=O) groups is 1. The van der Waals surface area contributed by atoms with Gasteiger partial charge in [0.25, 0.3) is 5.91 Å². The van der Waals surface area contributed by atoms with Crippen LogP contribution in [0.1, 0.15) is 10.5 Å². The molecule has 1 amide bonds. The molecule has 0 saturated carbocycles. The smallest absolute Gasteiger partial charge is 0.270 e. The molecular weight excluding hydrogens is 401 g/mol. The molecule has 3 rings (SSSR count). The highest BCUT2D eigenvalue weighted by molar-refractivity contribution is 6.76. The zero-order chi connectivity index (χ0) is 19.6. The fraction of sp³-hybridized carbons (Fsp3) is 0.526. The average molecular weight is 428 g/mol. The summed E-state index contributed by atoms with van der Waals surface area (Å²) in [4.78, 5) is 15.0. The summed E-state index contributed by atoms with van der Waals surface area (Å²) in [5.74, 6) is 0.00804. The number of nitrogens with one attached hydrogen (secondary N) is 1. The van der Waals surface area contributed by atoms with Gasteiger partial charge in [0.1, 0.15) is 12.4 Å². The van der Waals surface area contributed by atoms with Crippen LogP contribution in [0.2, 0.25) is 35.7 Å². The number of piperazine rings is 1. The maximum atomic E-state index is 13.1. The quantitative estimate of drug-likeness (QED) is 0.551. The molecule has 0 unspecified atom stereocenters. The Morgan fingerprint density at radius 3 is 2.59 bits per heavy atom. The van der Waals surface area contributed by atoms with Crippen LogP contribution in [0.15, 0.2) is 18.2 Å². The lowest BCUT2D eigenvalue weighted by atomic mass is 10.2. The Hall–Kier alpha value is -1.05. The number of fused-ring (bicyclic) bond motifs is 1. The number of nitrogens with zero attached hydrogens (tertiary/aromatic N) is 2. The number of benzene rings is 1. The lowest BCUT2D eigenvalue weighted by molar-refractivity contribution is 0.0666. The van der Waals surface area contributed by atoms with Crippen molar-refractivity contribution in [2.45, 2.75) is 32.4 Å². The van der Waals surface area contributed by atoms with Gasteiger partial charge in [0.15, 0.2) is 0 Å². The van der Waals surface area contributed by atoms with Crippen LogP contribution in [0.5, 0.6) is 0 Å². The topological polar surface area (TPSA) is 46.5 Å². The fourth-order valence-corrected chi connectivity index (χ4v) is 4.29. The van der Waals surface area contributed by atoms with E-state index in [-0.39, 0.29) is 5.91 Å². The summed E-state index contributed by atoms with van der Waals surface area (Å²) in [5.41, 5.74) is 1.47. The van der Waals surface area contributed by atoms with Crippen LogP contribution < -0.4 is 5.32 Å². The van der Waals surface area contributed by atoms with Crippen molar-refractivity contribution in [1.29, 1.82) is 0 Å². The first kappa shape index (κ1) is 20.7. The number of amides is 1. The number of hydrogen-bond donors (Lipinski definition) is 1. The van der Waals surface area contributed by atoms with Crippen molar-refractivity contribution in [1.82, 2.24) is 14.8 Å². The van der Waals surface area contributed by atoms with Crippen molar-refractivity contribution in [3.8, 4) is 0 Å². The summed E-state index contributed by atoms with van der Waals surface area (Å²) in [6, 6.07) is 6.60. The Kier molecular flexibility index (Phi) is 6.53.